The third kappa shape index (κ3) is 5.42. The van der Waals surface area contributed by atoms with E-state index >= 15 is 0 Å². The first-order valence-corrected chi connectivity index (χ1v) is 8.49. The Labute approximate surface area is 140 Å². The lowest BCUT2D eigenvalue weighted by atomic mass is 10.1. The van der Waals surface area contributed by atoms with E-state index in [0.29, 0.717) is 5.92 Å². The van der Waals surface area contributed by atoms with Gasteiger partial charge in [0.2, 0.25) is 0 Å². The zero-order valence-electron chi connectivity index (χ0n) is 13.4. The summed E-state index contributed by atoms with van der Waals surface area (Å²) in [5, 5.41) is 23.4. The van der Waals surface area contributed by atoms with E-state index in [-0.39, 0.29) is 16.7 Å². The molecule has 6 heteroatoms. The molecule has 2 N–H and O–H groups in total. The Morgan fingerprint density at radius 2 is 1.91 bits per heavy atom. The van der Waals surface area contributed by atoms with Crippen molar-refractivity contribution < 1.29 is 10.0 Å². The molecule has 0 saturated carbocycles. The molecule has 2 rings (SSSR count). The van der Waals surface area contributed by atoms with Crippen LogP contribution >= 0.6 is 11.3 Å². The standard InChI is InChI=1S/C17H22N2O3S/c1-12(9-13(2)20)10-18-11-16-7-8-17(23-16)14-3-5-15(6-4-14)19(21)22/h3-8,12-13,18,20H,9-11H2,1-2H3. The minimum Gasteiger partial charge on any atom is -0.393 e. The van der Waals surface area contributed by atoms with Gasteiger partial charge in [0.15, 0.2) is 0 Å². The molecule has 0 aliphatic carbocycles. The molecule has 5 nitrogen and oxygen atoms in total. The summed E-state index contributed by atoms with van der Waals surface area (Å²) in [5.74, 6) is 0.434. The summed E-state index contributed by atoms with van der Waals surface area (Å²) in [6.45, 7) is 5.60. The molecule has 0 amide bonds. The number of benzene rings is 1. The summed E-state index contributed by atoms with van der Waals surface area (Å²) in [6.07, 6.45) is 0.535. The van der Waals surface area contributed by atoms with Crippen LogP contribution in [0.3, 0.4) is 0 Å². The van der Waals surface area contributed by atoms with E-state index in [1.807, 2.05) is 13.0 Å². The first-order chi connectivity index (χ1) is 11.0. The lowest BCUT2D eigenvalue weighted by Crippen LogP contribution is -2.22. The van der Waals surface area contributed by atoms with E-state index in [4.69, 9.17) is 0 Å². The summed E-state index contributed by atoms with van der Waals surface area (Å²) >= 11 is 1.68. The molecule has 124 valence electrons. The number of non-ortho nitro benzene ring substituents is 1. The van der Waals surface area contributed by atoms with Gasteiger partial charge in [-0.3, -0.25) is 10.1 Å². The average molecular weight is 334 g/mol. The number of nitrogens with one attached hydrogen (secondary N) is 1. The SMILES string of the molecule is CC(O)CC(C)CNCc1ccc(-c2ccc([N+](=O)[O-])cc2)s1. The van der Waals surface area contributed by atoms with Gasteiger partial charge >= 0.3 is 0 Å². The minimum absolute atomic E-state index is 0.110. The maximum absolute atomic E-state index is 10.7. The van der Waals surface area contributed by atoms with Gasteiger partial charge in [0, 0.05) is 28.4 Å². The first-order valence-electron chi connectivity index (χ1n) is 7.68. The van der Waals surface area contributed by atoms with Gasteiger partial charge in [0.25, 0.3) is 5.69 Å². The summed E-state index contributed by atoms with van der Waals surface area (Å²) in [5.41, 5.74) is 1.11. The van der Waals surface area contributed by atoms with E-state index in [9.17, 15) is 15.2 Å². The number of thiophene rings is 1. The Morgan fingerprint density at radius 1 is 1.22 bits per heavy atom. The molecule has 0 spiro atoms. The van der Waals surface area contributed by atoms with Gasteiger partial charge in [0.05, 0.1) is 11.0 Å². The highest BCUT2D eigenvalue weighted by atomic mass is 32.1. The molecule has 2 unspecified atom stereocenters. The van der Waals surface area contributed by atoms with Crippen LogP contribution in [-0.4, -0.2) is 22.7 Å². The van der Waals surface area contributed by atoms with Crippen molar-refractivity contribution in [2.75, 3.05) is 6.54 Å². The smallest absolute Gasteiger partial charge is 0.269 e. The molecule has 0 bridgehead atoms. The van der Waals surface area contributed by atoms with Gasteiger partial charge in [-0.15, -0.1) is 11.3 Å². The van der Waals surface area contributed by atoms with Crippen molar-refractivity contribution >= 4 is 17.0 Å². The second-order valence-electron chi connectivity index (χ2n) is 5.89. The molecule has 2 aromatic rings. The summed E-state index contributed by atoms with van der Waals surface area (Å²) in [6, 6.07) is 10.8. The zero-order valence-corrected chi connectivity index (χ0v) is 14.2. The lowest BCUT2D eigenvalue weighted by molar-refractivity contribution is -0.384. The van der Waals surface area contributed by atoms with Crippen LogP contribution in [0.4, 0.5) is 5.69 Å². The van der Waals surface area contributed by atoms with Gasteiger partial charge in [0.1, 0.15) is 0 Å². The number of hydrogen-bond acceptors (Lipinski definition) is 5. The minimum atomic E-state index is -0.387. The van der Waals surface area contributed by atoms with Crippen molar-refractivity contribution in [2.24, 2.45) is 5.92 Å². The van der Waals surface area contributed by atoms with Crippen molar-refractivity contribution in [1.82, 2.24) is 5.32 Å². The van der Waals surface area contributed by atoms with E-state index in [2.05, 4.69) is 18.3 Å². The number of nitro groups is 1. The van der Waals surface area contributed by atoms with E-state index in [0.717, 1.165) is 30.0 Å². The van der Waals surface area contributed by atoms with Crippen molar-refractivity contribution in [1.29, 1.82) is 0 Å². The monoisotopic (exact) mass is 334 g/mol. The molecule has 1 aromatic heterocycles. The van der Waals surface area contributed by atoms with E-state index in [1.54, 1.807) is 23.5 Å². The third-order valence-corrected chi connectivity index (χ3v) is 4.69. The van der Waals surface area contributed by atoms with Crippen molar-refractivity contribution in [3.63, 3.8) is 0 Å². The fourth-order valence-electron chi connectivity index (χ4n) is 2.48. The molecular weight excluding hydrogens is 312 g/mol. The van der Waals surface area contributed by atoms with Crippen molar-refractivity contribution in [2.45, 2.75) is 32.9 Å². The van der Waals surface area contributed by atoms with Crippen LogP contribution < -0.4 is 5.32 Å². The summed E-state index contributed by atoms with van der Waals surface area (Å²) in [4.78, 5) is 12.6. The maximum Gasteiger partial charge on any atom is 0.269 e. The fraction of sp³-hybridized carbons (Fsp3) is 0.412. The Kier molecular flexibility index (Phi) is 6.27. The molecule has 0 aliphatic rings. The fourth-order valence-corrected chi connectivity index (χ4v) is 3.47. The number of aliphatic hydroxyl groups is 1. The molecular formula is C17H22N2O3S. The zero-order chi connectivity index (χ0) is 16.8. The lowest BCUT2D eigenvalue weighted by Gasteiger charge is -2.13. The molecule has 0 aliphatic heterocycles. The van der Waals surface area contributed by atoms with Crippen LogP contribution in [0, 0.1) is 16.0 Å². The number of nitrogens with zero attached hydrogens (tertiary/aromatic N) is 1. The number of nitro benzene ring substituents is 1. The number of aliphatic hydroxyl groups excluding tert-OH is 1. The van der Waals surface area contributed by atoms with Crippen LogP contribution in [0.2, 0.25) is 0 Å². The molecule has 2 atom stereocenters. The highest BCUT2D eigenvalue weighted by Gasteiger charge is 2.08. The largest absolute Gasteiger partial charge is 0.393 e. The Balaban J connectivity index is 1.89. The Morgan fingerprint density at radius 3 is 2.52 bits per heavy atom. The molecule has 23 heavy (non-hydrogen) atoms. The van der Waals surface area contributed by atoms with Gasteiger partial charge in [-0.25, -0.2) is 0 Å². The Bertz CT molecular complexity index is 638. The average Bonchev–Trinajstić information content (AvgIpc) is 2.95. The van der Waals surface area contributed by atoms with Crippen LogP contribution in [0.25, 0.3) is 10.4 Å². The molecule has 0 fully saturated rings. The number of rotatable bonds is 8. The summed E-state index contributed by atoms with van der Waals surface area (Å²) < 4.78 is 0. The van der Waals surface area contributed by atoms with E-state index in [1.165, 1.54) is 17.0 Å². The van der Waals surface area contributed by atoms with Crippen molar-refractivity contribution in [3.05, 3.63) is 51.4 Å². The van der Waals surface area contributed by atoms with Gasteiger partial charge in [-0.2, -0.15) is 0 Å². The second-order valence-corrected chi connectivity index (χ2v) is 7.06. The molecule has 0 radical (unpaired) electrons. The van der Waals surface area contributed by atoms with Gasteiger partial charge in [-0.05, 0) is 55.6 Å². The highest BCUT2D eigenvalue weighted by molar-refractivity contribution is 7.15. The van der Waals surface area contributed by atoms with Crippen LogP contribution in [0.5, 0.6) is 0 Å². The predicted octanol–water partition coefficient (Wildman–Crippen LogP) is 3.82. The van der Waals surface area contributed by atoms with Crippen LogP contribution in [-0.2, 0) is 6.54 Å². The predicted molar refractivity (Wildman–Crippen MR) is 93.6 cm³/mol. The Hall–Kier alpha value is -1.76. The topological polar surface area (TPSA) is 75.4 Å². The normalized spacial score (nSPS) is 13.7. The molecule has 1 heterocycles. The highest BCUT2D eigenvalue weighted by Crippen LogP contribution is 2.29. The maximum atomic E-state index is 10.7. The third-order valence-electron chi connectivity index (χ3n) is 3.56. The van der Waals surface area contributed by atoms with Crippen LogP contribution in [0.15, 0.2) is 36.4 Å². The quantitative estimate of drug-likeness (QED) is 0.568. The summed E-state index contributed by atoms with van der Waals surface area (Å²) in [7, 11) is 0. The first kappa shape index (κ1) is 17.6. The van der Waals surface area contributed by atoms with Gasteiger partial charge < -0.3 is 10.4 Å². The number of hydrogen-bond donors (Lipinski definition) is 2. The van der Waals surface area contributed by atoms with Gasteiger partial charge in [-0.1, -0.05) is 6.92 Å². The van der Waals surface area contributed by atoms with Crippen molar-refractivity contribution in [3.8, 4) is 10.4 Å². The van der Waals surface area contributed by atoms with Crippen LogP contribution in [0.1, 0.15) is 25.1 Å². The van der Waals surface area contributed by atoms with E-state index < -0.39 is 0 Å². The second kappa shape index (κ2) is 8.19. The molecule has 1 aromatic carbocycles. The molecule has 0 saturated heterocycles.